The average molecular weight is 381 g/mol. The van der Waals surface area contributed by atoms with Crippen molar-refractivity contribution in [3.63, 3.8) is 0 Å². The Morgan fingerprint density at radius 1 is 1.12 bits per heavy atom. The van der Waals surface area contributed by atoms with E-state index in [0.29, 0.717) is 16.9 Å². The lowest BCUT2D eigenvalue weighted by Gasteiger charge is -2.07. The van der Waals surface area contributed by atoms with Gasteiger partial charge in [0.2, 0.25) is 0 Å². The number of hydrogen-bond donors (Lipinski definition) is 1. The molecule has 5 nitrogen and oxygen atoms in total. The van der Waals surface area contributed by atoms with Gasteiger partial charge in [-0.1, -0.05) is 11.6 Å². The SMILES string of the molecule is O=C(NCc1ccn(-c2ccc(C(F)(F)F)cc2)n1)c1ccc(Cl)nc1. The molecule has 0 unspecified atom stereocenters. The third kappa shape index (κ3) is 4.20. The number of amides is 1. The number of nitrogens with one attached hydrogen (secondary N) is 1. The van der Waals surface area contributed by atoms with Gasteiger partial charge in [-0.2, -0.15) is 18.3 Å². The smallest absolute Gasteiger partial charge is 0.346 e. The Bertz CT molecular complexity index is 905. The van der Waals surface area contributed by atoms with Gasteiger partial charge in [0.25, 0.3) is 5.91 Å². The molecule has 0 fully saturated rings. The van der Waals surface area contributed by atoms with Crippen LogP contribution < -0.4 is 5.32 Å². The molecule has 0 aliphatic carbocycles. The summed E-state index contributed by atoms with van der Waals surface area (Å²) in [5.41, 5.74) is 0.673. The number of carbonyl (C=O) groups is 1. The number of alkyl halides is 3. The largest absolute Gasteiger partial charge is 0.416 e. The molecule has 3 aromatic rings. The van der Waals surface area contributed by atoms with Crippen molar-refractivity contribution < 1.29 is 18.0 Å². The molecule has 0 saturated heterocycles. The second-order valence-electron chi connectivity index (χ2n) is 5.35. The number of carbonyl (C=O) groups excluding carboxylic acids is 1. The van der Waals surface area contributed by atoms with Gasteiger partial charge in [-0.3, -0.25) is 4.79 Å². The van der Waals surface area contributed by atoms with Crippen molar-refractivity contribution in [2.24, 2.45) is 0 Å². The molecule has 0 aliphatic heterocycles. The van der Waals surface area contributed by atoms with Crippen LogP contribution >= 0.6 is 11.6 Å². The van der Waals surface area contributed by atoms with E-state index >= 15 is 0 Å². The molecule has 0 radical (unpaired) electrons. The first-order valence-electron chi connectivity index (χ1n) is 7.45. The second kappa shape index (κ2) is 7.17. The van der Waals surface area contributed by atoms with E-state index in [9.17, 15) is 18.0 Å². The van der Waals surface area contributed by atoms with Crippen LogP contribution in [0.4, 0.5) is 13.2 Å². The van der Waals surface area contributed by atoms with Crippen molar-refractivity contribution in [3.05, 3.63) is 76.8 Å². The zero-order valence-electron chi connectivity index (χ0n) is 13.2. The molecule has 9 heteroatoms. The summed E-state index contributed by atoms with van der Waals surface area (Å²) in [6.45, 7) is 0.162. The molecule has 0 atom stereocenters. The number of pyridine rings is 1. The van der Waals surface area contributed by atoms with E-state index in [0.717, 1.165) is 12.1 Å². The lowest BCUT2D eigenvalue weighted by atomic mass is 10.2. The lowest BCUT2D eigenvalue weighted by molar-refractivity contribution is -0.137. The molecule has 1 N–H and O–H groups in total. The molecule has 3 rings (SSSR count). The summed E-state index contributed by atoms with van der Waals surface area (Å²) in [7, 11) is 0. The summed E-state index contributed by atoms with van der Waals surface area (Å²) < 4.78 is 39.2. The number of rotatable bonds is 4. The summed E-state index contributed by atoms with van der Waals surface area (Å²) in [4.78, 5) is 15.8. The molecule has 134 valence electrons. The number of benzene rings is 1. The highest BCUT2D eigenvalue weighted by Crippen LogP contribution is 2.29. The Morgan fingerprint density at radius 2 is 1.85 bits per heavy atom. The summed E-state index contributed by atoms with van der Waals surface area (Å²) in [6.07, 6.45) is -1.42. The van der Waals surface area contributed by atoms with E-state index in [1.165, 1.54) is 29.1 Å². The summed E-state index contributed by atoms with van der Waals surface area (Å²) >= 11 is 5.67. The maximum atomic E-state index is 12.6. The van der Waals surface area contributed by atoms with Crippen molar-refractivity contribution in [2.75, 3.05) is 0 Å². The Hall–Kier alpha value is -2.87. The molecule has 0 bridgehead atoms. The minimum atomic E-state index is -4.38. The molecule has 0 aliphatic rings. The van der Waals surface area contributed by atoms with Crippen LogP contribution in [0.2, 0.25) is 5.15 Å². The lowest BCUT2D eigenvalue weighted by Crippen LogP contribution is -2.23. The quantitative estimate of drug-likeness (QED) is 0.699. The Morgan fingerprint density at radius 3 is 2.46 bits per heavy atom. The third-order valence-corrected chi connectivity index (χ3v) is 3.75. The summed E-state index contributed by atoms with van der Waals surface area (Å²) in [5, 5.41) is 7.21. The van der Waals surface area contributed by atoms with Gasteiger partial charge in [-0.15, -0.1) is 0 Å². The van der Waals surface area contributed by atoms with E-state index in [4.69, 9.17) is 11.6 Å². The molecule has 0 saturated carbocycles. The van der Waals surface area contributed by atoms with Crippen LogP contribution in [0, 0.1) is 0 Å². The van der Waals surface area contributed by atoms with Crippen LogP contribution in [0.25, 0.3) is 5.69 Å². The van der Waals surface area contributed by atoms with Crippen molar-refractivity contribution >= 4 is 17.5 Å². The van der Waals surface area contributed by atoms with E-state index in [2.05, 4.69) is 15.4 Å². The Labute approximate surface area is 151 Å². The normalized spacial score (nSPS) is 11.4. The highest BCUT2D eigenvalue weighted by atomic mass is 35.5. The molecular formula is C17H12ClF3N4O. The number of nitrogens with zero attached hydrogens (tertiary/aromatic N) is 3. The fraction of sp³-hybridized carbons (Fsp3) is 0.118. The van der Waals surface area contributed by atoms with Gasteiger partial charge >= 0.3 is 6.18 Å². The van der Waals surface area contributed by atoms with Gasteiger partial charge in [0, 0.05) is 12.4 Å². The van der Waals surface area contributed by atoms with E-state index in [1.807, 2.05) is 0 Å². The van der Waals surface area contributed by atoms with Crippen LogP contribution in [0.1, 0.15) is 21.6 Å². The molecule has 2 heterocycles. The van der Waals surface area contributed by atoms with Crippen molar-refractivity contribution in [1.29, 1.82) is 0 Å². The Kier molecular flexibility index (Phi) is 4.94. The van der Waals surface area contributed by atoms with Crippen molar-refractivity contribution in [1.82, 2.24) is 20.1 Å². The molecular weight excluding hydrogens is 369 g/mol. The molecule has 1 amide bonds. The fourth-order valence-corrected chi connectivity index (χ4v) is 2.30. The first-order chi connectivity index (χ1) is 12.3. The zero-order valence-corrected chi connectivity index (χ0v) is 13.9. The molecule has 2 aromatic heterocycles. The van der Waals surface area contributed by atoms with Crippen LogP contribution in [0.3, 0.4) is 0 Å². The number of halogens is 4. The van der Waals surface area contributed by atoms with Crippen LogP contribution in [-0.4, -0.2) is 20.7 Å². The predicted molar refractivity (Wildman–Crippen MR) is 89.0 cm³/mol. The fourth-order valence-electron chi connectivity index (χ4n) is 2.19. The highest BCUT2D eigenvalue weighted by Gasteiger charge is 2.30. The molecule has 26 heavy (non-hydrogen) atoms. The van der Waals surface area contributed by atoms with E-state index in [-0.39, 0.29) is 17.6 Å². The third-order valence-electron chi connectivity index (χ3n) is 3.52. The molecule has 0 spiro atoms. The number of aromatic nitrogens is 3. The first kappa shape index (κ1) is 17.9. The van der Waals surface area contributed by atoms with Gasteiger partial charge in [-0.05, 0) is 42.5 Å². The van der Waals surface area contributed by atoms with Gasteiger partial charge < -0.3 is 5.32 Å². The maximum Gasteiger partial charge on any atom is 0.416 e. The van der Waals surface area contributed by atoms with Gasteiger partial charge in [0.1, 0.15) is 5.15 Å². The first-order valence-corrected chi connectivity index (χ1v) is 7.83. The molecule has 1 aromatic carbocycles. The van der Waals surface area contributed by atoms with Gasteiger partial charge in [0.15, 0.2) is 0 Å². The van der Waals surface area contributed by atoms with Crippen LogP contribution in [0.15, 0.2) is 54.9 Å². The van der Waals surface area contributed by atoms with E-state index in [1.54, 1.807) is 18.3 Å². The highest BCUT2D eigenvalue weighted by molar-refractivity contribution is 6.29. The van der Waals surface area contributed by atoms with Crippen LogP contribution in [-0.2, 0) is 12.7 Å². The van der Waals surface area contributed by atoms with Gasteiger partial charge in [0.05, 0.1) is 29.1 Å². The van der Waals surface area contributed by atoms with Crippen LogP contribution in [0.5, 0.6) is 0 Å². The van der Waals surface area contributed by atoms with Crippen molar-refractivity contribution in [2.45, 2.75) is 12.7 Å². The standard InChI is InChI=1S/C17H12ClF3N4O/c18-15-6-1-11(9-22-15)16(26)23-10-13-7-8-25(24-13)14-4-2-12(3-5-14)17(19,20)21/h1-9H,10H2,(H,23,26). The summed E-state index contributed by atoms with van der Waals surface area (Å²) in [6, 6.07) is 9.37. The number of hydrogen-bond acceptors (Lipinski definition) is 3. The second-order valence-corrected chi connectivity index (χ2v) is 5.74. The summed E-state index contributed by atoms with van der Waals surface area (Å²) in [5.74, 6) is -0.335. The predicted octanol–water partition coefficient (Wildman–Crippen LogP) is 3.87. The van der Waals surface area contributed by atoms with Gasteiger partial charge in [-0.25, -0.2) is 9.67 Å². The van der Waals surface area contributed by atoms with E-state index < -0.39 is 11.7 Å². The topological polar surface area (TPSA) is 59.8 Å². The maximum absolute atomic E-state index is 12.6. The minimum absolute atomic E-state index is 0.162. The Balaban J connectivity index is 1.64. The van der Waals surface area contributed by atoms with Crippen molar-refractivity contribution in [3.8, 4) is 5.69 Å². The minimum Gasteiger partial charge on any atom is -0.346 e. The average Bonchev–Trinajstić information content (AvgIpc) is 3.09. The zero-order chi connectivity index (χ0) is 18.7. The monoisotopic (exact) mass is 380 g/mol.